The fourth-order valence-electron chi connectivity index (χ4n) is 2.78. The van der Waals surface area contributed by atoms with E-state index in [0.29, 0.717) is 34.7 Å². The van der Waals surface area contributed by atoms with Crippen molar-refractivity contribution in [2.45, 2.75) is 13.8 Å². The summed E-state index contributed by atoms with van der Waals surface area (Å²) in [4.78, 5) is 12.8. The average molecular weight is 414 g/mol. The lowest BCUT2D eigenvalue weighted by Gasteiger charge is -2.15. The fraction of sp³-hybridized carbons (Fsp3) is 0.190. The maximum atomic E-state index is 12.8. The molecule has 0 heterocycles. The van der Waals surface area contributed by atoms with E-state index >= 15 is 0 Å². The molecular formula is C21H20BrNO3. The predicted octanol–water partition coefficient (Wildman–Crippen LogP) is 5.65. The van der Waals surface area contributed by atoms with Crippen LogP contribution in [0.3, 0.4) is 0 Å². The Hall–Kier alpha value is -2.53. The Labute approximate surface area is 161 Å². The number of halogens is 1. The predicted molar refractivity (Wildman–Crippen MR) is 108 cm³/mol. The summed E-state index contributed by atoms with van der Waals surface area (Å²) in [7, 11) is 0. The van der Waals surface area contributed by atoms with Gasteiger partial charge >= 0.3 is 0 Å². The zero-order valence-corrected chi connectivity index (χ0v) is 16.3. The summed E-state index contributed by atoms with van der Waals surface area (Å²) in [6, 6.07) is 17.2. The van der Waals surface area contributed by atoms with Crippen molar-refractivity contribution < 1.29 is 14.3 Å². The number of hydrogen-bond acceptors (Lipinski definition) is 3. The largest absolute Gasteiger partial charge is 0.490 e. The van der Waals surface area contributed by atoms with Crippen molar-refractivity contribution in [2.24, 2.45) is 0 Å². The van der Waals surface area contributed by atoms with Gasteiger partial charge in [0.2, 0.25) is 0 Å². The fourth-order valence-corrected chi connectivity index (χ4v) is 3.33. The molecular weight excluding hydrogens is 394 g/mol. The second kappa shape index (κ2) is 8.23. The third kappa shape index (κ3) is 3.83. The average Bonchev–Trinajstić information content (AvgIpc) is 2.65. The monoisotopic (exact) mass is 413 g/mol. The quantitative estimate of drug-likeness (QED) is 0.567. The van der Waals surface area contributed by atoms with Gasteiger partial charge in [0, 0.05) is 16.6 Å². The van der Waals surface area contributed by atoms with E-state index in [9.17, 15) is 4.79 Å². The van der Waals surface area contributed by atoms with Crippen LogP contribution in [0.4, 0.5) is 5.69 Å². The summed E-state index contributed by atoms with van der Waals surface area (Å²) in [6.07, 6.45) is 0. The molecule has 26 heavy (non-hydrogen) atoms. The Balaban J connectivity index is 1.94. The molecule has 0 bridgehead atoms. The first-order valence-corrected chi connectivity index (χ1v) is 9.31. The highest BCUT2D eigenvalue weighted by Gasteiger charge is 2.16. The van der Waals surface area contributed by atoms with E-state index in [-0.39, 0.29) is 5.91 Å². The van der Waals surface area contributed by atoms with Gasteiger partial charge in [0.15, 0.2) is 11.5 Å². The molecule has 1 amide bonds. The van der Waals surface area contributed by atoms with Crippen molar-refractivity contribution in [3.8, 4) is 11.5 Å². The molecule has 3 rings (SSSR count). The van der Waals surface area contributed by atoms with E-state index in [1.165, 1.54) is 0 Å². The van der Waals surface area contributed by atoms with Crippen molar-refractivity contribution in [1.29, 1.82) is 0 Å². The van der Waals surface area contributed by atoms with E-state index in [4.69, 9.17) is 9.47 Å². The van der Waals surface area contributed by atoms with E-state index in [1.807, 2.05) is 56.3 Å². The van der Waals surface area contributed by atoms with Gasteiger partial charge in [-0.05, 0) is 53.4 Å². The Morgan fingerprint density at radius 3 is 2.50 bits per heavy atom. The normalized spacial score (nSPS) is 10.6. The van der Waals surface area contributed by atoms with Gasteiger partial charge in [0.1, 0.15) is 0 Å². The topological polar surface area (TPSA) is 47.6 Å². The third-order valence-electron chi connectivity index (χ3n) is 3.90. The summed E-state index contributed by atoms with van der Waals surface area (Å²) in [6.45, 7) is 4.80. The number of anilines is 1. The maximum absolute atomic E-state index is 12.8. The standard InChI is InChI=1S/C21H20BrNO3/c1-3-25-19-13-15(12-17(22)20(19)26-4-2)21(24)23-18-11-7-9-14-8-5-6-10-16(14)18/h5-13H,3-4H2,1-2H3,(H,23,24). The molecule has 0 radical (unpaired) electrons. The highest BCUT2D eigenvalue weighted by Crippen LogP contribution is 2.37. The Morgan fingerprint density at radius 2 is 1.73 bits per heavy atom. The summed E-state index contributed by atoms with van der Waals surface area (Å²) in [5.41, 5.74) is 1.27. The highest BCUT2D eigenvalue weighted by atomic mass is 79.9. The summed E-state index contributed by atoms with van der Waals surface area (Å²) >= 11 is 3.48. The SMILES string of the molecule is CCOc1cc(C(=O)Nc2cccc3ccccc23)cc(Br)c1OCC. The molecule has 0 aliphatic carbocycles. The zero-order chi connectivity index (χ0) is 18.5. The number of benzene rings is 3. The molecule has 0 aliphatic rings. The molecule has 0 atom stereocenters. The van der Waals surface area contributed by atoms with Crippen molar-refractivity contribution >= 4 is 38.3 Å². The molecule has 0 saturated heterocycles. The minimum absolute atomic E-state index is 0.203. The van der Waals surface area contributed by atoms with Crippen LogP contribution < -0.4 is 14.8 Å². The lowest BCUT2D eigenvalue weighted by Crippen LogP contribution is -2.13. The van der Waals surface area contributed by atoms with Gasteiger partial charge in [0.05, 0.1) is 17.7 Å². The second-order valence-electron chi connectivity index (χ2n) is 5.63. The molecule has 1 N–H and O–H groups in total. The van der Waals surface area contributed by atoms with Gasteiger partial charge in [-0.25, -0.2) is 0 Å². The smallest absolute Gasteiger partial charge is 0.255 e. The number of fused-ring (bicyclic) bond motifs is 1. The van der Waals surface area contributed by atoms with Crippen LogP contribution in [0.1, 0.15) is 24.2 Å². The minimum atomic E-state index is -0.203. The van der Waals surface area contributed by atoms with E-state index in [2.05, 4.69) is 21.2 Å². The first-order chi connectivity index (χ1) is 12.6. The van der Waals surface area contributed by atoms with Gasteiger partial charge in [-0.2, -0.15) is 0 Å². The first kappa shape index (κ1) is 18.3. The second-order valence-corrected chi connectivity index (χ2v) is 6.49. The molecule has 3 aromatic rings. The minimum Gasteiger partial charge on any atom is -0.490 e. The lowest BCUT2D eigenvalue weighted by atomic mass is 10.1. The lowest BCUT2D eigenvalue weighted by molar-refractivity contribution is 0.102. The molecule has 134 valence electrons. The summed E-state index contributed by atoms with van der Waals surface area (Å²) in [5.74, 6) is 0.953. The van der Waals surface area contributed by atoms with Crippen molar-refractivity contribution in [3.05, 3.63) is 64.6 Å². The van der Waals surface area contributed by atoms with Gasteiger partial charge in [0.25, 0.3) is 5.91 Å². The van der Waals surface area contributed by atoms with E-state index in [0.717, 1.165) is 16.5 Å². The van der Waals surface area contributed by atoms with Crippen LogP contribution in [0.25, 0.3) is 10.8 Å². The number of amides is 1. The van der Waals surface area contributed by atoms with Crippen LogP contribution in [-0.2, 0) is 0 Å². The van der Waals surface area contributed by atoms with Crippen LogP contribution in [-0.4, -0.2) is 19.1 Å². The maximum Gasteiger partial charge on any atom is 0.255 e. The Kier molecular flexibility index (Phi) is 5.78. The number of hydrogen-bond donors (Lipinski definition) is 1. The molecule has 0 saturated carbocycles. The molecule has 5 heteroatoms. The number of carbonyl (C=O) groups excluding carboxylic acids is 1. The first-order valence-electron chi connectivity index (χ1n) is 8.52. The summed E-state index contributed by atoms with van der Waals surface area (Å²) < 4.78 is 12.0. The number of carbonyl (C=O) groups is 1. The van der Waals surface area contributed by atoms with Crippen LogP contribution >= 0.6 is 15.9 Å². The van der Waals surface area contributed by atoms with Gasteiger partial charge in [-0.1, -0.05) is 36.4 Å². The Bertz CT molecular complexity index is 934. The van der Waals surface area contributed by atoms with Crippen LogP contribution in [0.5, 0.6) is 11.5 Å². The van der Waals surface area contributed by atoms with Crippen LogP contribution in [0.15, 0.2) is 59.1 Å². The molecule has 3 aromatic carbocycles. The Morgan fingerprint density at radius 1 is 1.00 bits per heavy atom. The number of nitrogens with one attached hydrogen (secondary N) is 1. The van der Waals surface area contributed by atoms with Gasteiger partial charge in [-0.3, -0.25) is 4.79 Å². The van der Waals surface area contributed by atoms with E-state index < -0.39 is 0 Å². The molecule has 0 unspecified atom stereocenters. The van der Waals surface area contributed by atoms with Gasteiger partial charge in [-0.15, -0.1) is 0 Å². The van der Waals surface area contributed by atoms with Crippen LogP contribution in [0, 0.1) is 0 Å². The van der Waals surface area contributed by atoms with Crippen LogP contribution in [0.2, 0.25) is 0 Å². The third-order valence-corrected chi connectivity index (χ3v) is 4.49. The number of rotatable bonds is 6. The molecule has 0 spiro atoms. The van der Waals surface area contributed by atoms with Crippen molar-refractivity contribution in [3.63, 3.8) is 0 Å². The molecule has 0 aliphatic heterocycles. The number of ether oxygens (including phenoxy) is 2. The van der Waals surface area contributed by atoms with Crippen molar-refractivity contribution in [2.75, 3.05) is 18.5 Å². The molecule has 0 aromatic heterocycles. The highest BCUT2D eigenvalue weighted by molar-refractivity contribution is 9.10. The molecule has 0 fully saturated rings. The molecule has 4 nitrogen and oxygen atoms in total. The van der Waals surface area contributed by atoms with Crippen molar-refractivity contribution in [1.82, 2.24) is 0 Å². The van der Waals surface area contributed by atoms with E-state index in [1.54, 1.807) is 12.1 Å². The van der Waals surface area contributed by atoms with Gasteiger partial charge < -0.3 is 14.8 Å². The zero-order valence-electron chi connectivity index (χ0n) is 14.7. The summed E-state index contributed by atoms with van der Waals surface area (Å²) in [5, 5.41) is 5.07.